The van der Waals surface area contributed by atoms with Crippen molar-refractivity contribution in [1.82, 2.24) is 9.72 Å². The van der Waals surface area contributed by atoms with Gasteiger partial charge in [0.05, 0.1) is 11.1 Å². The van der Waals surface area contributed by atoms with E-state index in [0.717, 1.165) is 53.4 Å². The molecule has 1 aliphatic heterocycles. The molecule has 1 atom stereocenters. The molecule has 1 saturated heterocycles. The summed E-state index contributed by atoms with van der Waals surface area (Å²) in [5, 5.41) is 5.93. The fraction of sp³-hybridized carbons (Fsp3) is 0.353. The van der Waals surface area contributed by atoms with Gasteiger partial charge in [-0.1, -0.05) is 16.8 Å². The van der Waals surface area contributed by atoms with Crippen molar-refractivity contribution in [3.05, 3.63) is 40.7 Å². The molecule has 1 aliphatic rings. The van der Waals surface area contributed by atoms with Crippen molar-refractivity contribution in [3.8, 4) is 5.82 Å². The summed E-state index contributed by atoms with van der Waals surface area (Å²) in [6, 6.07) is 8.19. The highest BCUT2D eigenvalue weighted by Crippen LogP contribution is 2.36. The van der Waals surface area contributed by atoms with Crippen molar-refractivity contribution in [2.45, 2.75) is 26.3 Å². The third-order valence-corrected chi connectivity index (χ3v) is 4.76. The van der Waals surface area contributed by atoms with Crippen molar-refractivity contribution in [2.75, 3.05) is 18.0 Å². The Labute approximate surface area is 139 Å². The number of halogens is 1. The molecular formula is C17H19ClN4O. The number of aryl methyl sites for hydroxylation is 2. The van der Waals surface area contributed by atoms with Gasteiger partial charge < -0.3 is 15.2 Å². The van der Waals surface area contributed by atoms with Crippen LogP contribution in [0.1, 0.15) is 17.8 Å². The Morgan fingerprint density at radius 1 is 1.26 bits per heavy atom. The number of hydrogen-bond donors (Lipinski definition) is 1. The summed E-state index contributed by atoms with van der Waals surface area (Å²) in [6.45, 7) is 5.83. The van der Waals surface area contributed by atoms with Gasteiger partial charge in [0, 0.05) is 35.5 Å². The lowest BCUT2D eigenvalue weighted by atomic mass is 10.2. The highest BCUT2D eigenvalue weighted by Gasteiger charge is 2.25. The predicted molar refractivity (Wildman–Crippen MR) is 92.6 cm³/mol. The second-order valence-electron chi connectivity index (χ2n) is 6.25. The lowest BCUT2D eigenvalue weighted by molar-refractivity contribution is 0.451. The molecular weight excluding hydrogens is 312 g/mol. The van der Waals surface area contributed by atoms with E-state index in [1.165, 1.54) is 0 Å². The average molecular weight is 331 g/mol. The minimum Gasteiger partial charge on any atom is -0.367 e. The number of aromatic nitrogens is 2. The van der Waals surface area contributed by atoms with Crippen molar-refractivity contribution < 1.29 is 4.52 Å². The van der Waals surface area contributed by atoms with E-state index in [1.807, 2.05) is 12.1 Å². The first kappa shape index (κ1) is 14.6. The van der Waals surface area contributed by atoms with Gasteiger partial charge in [-0.3, -0.25) is 4.57 Å². The fourth-order valence-electron chi connectivity index (χ4n) is 3.38. The zero-order valence-corrected chi connectivity index (χ0v) is 14.0. The zero-order chi connectivity index (χ0) is 16.1. The van der Waals surface area contributed by atoms with Gasteiger partial charge in [0.25, 0.3) is 0 Å². The van der Waals surface area contributed by atoms with Crippen LogP contribution in [0.25, 0.3) is 16.8 Å². The van der Waals surface area contributed by atoms with Gasteiger partial charge in [-0.25, -0.2) is 0 Å². The van der Waals surface area contributed by atoms with Gasteiger partial charge in [0.1, 0.15) is 0 Å². The Morgan fingerprint density at radius 3 is 2.65 bits per heavy atom. The SMILES string of the molecule is Cc1ccc(C)n1-c1noc2c(N3CCC(N)C3)cc(Cl)cc12. The maximum Gasteiger partial charge on any atom is 0.192 e. The van der Waals surface area contributed by atoms with E-state index >= 15 is 0 Å². The average Bonchev–Trinajstić information content (AvgIpc) is 3.19. The summed E-state index contributed by atoms with van der Waals surface area (Å²) >= 11 is 6.37. The highest BCUT2D eigenvalue weighted by atomic mass is 35.5. The van der Waals surface area contributed by atoms with Crippen molar-refractivity contribution >= 4 is 28.3 Å². The first-order valence-corrected chi connectivity index (χ1v) is 8.17. The third-order valence-electron chi connectivity index (χ3n) is 4.55. The van der Waals surface area contributed by atoms with E-state index < -0.39 is 0 Å². The summed E-state index contributed by atoms with van der Waals surface area (Å²) in [4.78, 5) is 2.23. The van der Waals surface area contributed by atoms with E-state index in [-0.39, 0.29) is 6.04 Å². The normalized spacial score (nSPS) is 18.3. The summed E-state index contributed by atoms with van der Waals surface area (Å²) in [6.07, 6.45) is 0.977. The highest BCUT2D eigenvalue weighted by molar-refractivity contribution is 6.32. The van der Waals surface area contributed by atoms with Crippen LogP contribution in [-0.2, 0) is 0 Å². The zero-order valence-electron chi connectivity index (χ0n) is 13.2. The number of fused-ring (bicyclic) bond motifs is 1. The molecule has 120 valence electrons. The van der Waals surface area contributed by atoms with E-state index in [0.29, 0.717) is 5.02 Å². The lowest BCUT2D eigenvalue weighted by Gasteiger charge is -2.18. The second-order valence-corrected chi connectivity index (χ2v) is 6.69. The predicted octanol–water partition coefficient (Wildman–Crippen LogP) is 3.43. The van der Waals surface area contributed by atoms with Crippen LogP contribution in [0.3, 0.4) is 0 Å². The Hall–Kier alpha value is -1.98. The van der Waals surface area contributed by atoms with Crippen LogP contribution in [0.4, 0.5) is 5.69 Å². The van der Waals surface area contributed by atoms with Gasteiger partial charge in [0.15, 0.2) is 11.4 Å². The summed E-state index contributed by atoms with van der Waals surface area (Å²) in [5.41, 5.74) is 10.0. The third kappa shape index (κ3) is 2.31. The minimum absolute atomic E-state index is 0.195. The van der Waals surface area contributed by atoms with Crippen molar-refractivity contribution in [1.29, 1.82) is 0 Å². The van der Waals surface area contributed by atoms with Crippen LogP contribution in [0.5, 0.6) is 0 Å². The minimum atomic E-state index is 0.195. The molecule has 23 heavy (non-hydrogen) atoms. The Morgan fingerprint density at radius 2 is 2.00 bits per heavy atom. The molecule has 3 aromatic rings. The molecule has 0 amide bonds. The smallest absolute Gasteiger partial charge is 0.192 e. The molecule has 1 aromatic carbocycles. The van der Waals surface area contributed by atoms with Crippen LogP contribution in [-0.4, -0.2) is 28.9 Å². The quantitative estimate of drug-likeness (QED) is 0.782. The Balaban J connectivity index is 1.92. The van der Waals surface area contributed by atoms with E-state index in [2.05, 4.69) is 40.6 Å². The number of anilines is 1. The van der Waals surface area contributed by atoms with Crippen LogP contribution in [0.2, 0.25) is 5.02 Å². The maximum absolute atomic E-state index is 6.37. The van der Waals surface area contributed by atoms with Crippen LogP contribution in [0.15, 0.2) is 28.8 Å². The first-order chi connectivity index (χ1) is 11.0. The molecule has 1 unspecified atom stereocenters. The number of nitrogens with zero attached hydrogens (tertiary/aromatic N) is 3. The largest absolute Gasteiger partial charge is 0.367 e. The second kappa shape index (κ2) is 5.28. The number of benzene rings is 1. The van der Waals surface area contributed by atoms with Gasteiger partial charge in [-0.05, 0) is 44.5 Å². The summed E-state index contributed by atoms with van der Waals surface area (Å²) < 4.78 is 7.79. The molecule has 1 fully saturated rings. The summed E-state index contributed by atoms with van der Waals surface area (Å²) in [5.74, 6) is 0.784. The van der Waals surface area contributed by atoms with Gasteiger partial charge in [0.2, 0.25) is 0 Å². The van der Waals surface area contributed by atoms with Crippen LogP contribution >= 0.6 is 11.6 Å². The number of hydrogen-bond acceptors (Lipinski definition) is 4. The molecule has 6 heteroatoms. The Kier molecular flexibility index (Phi) is 3.36. The monoisotopic (exact) mass is 330 g/mol. The molecule has 4 rings (SSSR count). The van der Waals surface area contributed by atoms with E-state index in [9.17, 15) is 0 Å². The van der Waals surface area contributed by atoms with Gasteiger partial charge >= 0.3 is 0 Å². The molecule has 5 nitrogen and oxygen atoms in total. The fourth-order valence-corrected chi connectivity index (χ4v) is 3.60. The molecule has 2 aromatic heterocycles. The van der Waals surface area contributed by atoms with Crippen molar-refractivity contribution in [2.24, 2.45) is 5.73 Å². The first-order valence-electron chi connectivity index (χ1n) is 7.79. The topological polar surface area (TPSA) is 60.2 Å². The molecule has 0 bridgehead atoms. The lowest BCUT2D eigenvalue weighted by Crippen LogP contribution is -2.26. The molecule has 0 aliphatic carbocycles. The van der Waals surface area contributed by atoms with Crippen LogP contribution in [0, 0.1) is 13.8 Å². The van der Waals surface area contributed by atoms with Crippen LogP contribution < -0.4 is 10.6 Å². The van der Waals surface area contributed by atoms with Crippen molar-refractivity contribution in [3.63, 3.8) is 0 Å². The molecule has 3 heterocycles. The molecule has 2 N–H and O–H groups in total. The standard InChI is InChI=1S/C17H19ClN4O/c1-10-3-4-11(2)22(10)17-14-7-12(18)8-15(16(14)23-20-17)21-6-5-13(19)9-21/h3-4,7-8,13H,5-6,9,19H2,1-2H3. The molecule has 0 radical (unpaired) electrons. The van der Waals surface area contributed by atoms with E-state index in [1.54, 1.807) is 0 Å². The molecule has 0 spiro atoms. The molecule has 0 saturated carbocycles. The Bertz CT molecular complexity index is 863. The van der Waals surface area contributed by atoms with Gasteiger partial charge in [-0.2, -0.15) is 0 Å². The number of nitrogens with two attached hydrogens (primary N) is 1. The summed E-state index contributed by atoms with van der Waals surface area (Å²) in [7, 11) is 0. The van der Waals surface area contributed by atoms with Gasteiger partial charge in [-0.15, -0.1) is 0 Å². The maximum atomic E-state index is 6.37. The number of rotatable bonds is 2. The van der Waals surface area contributed by atoms with E-state index in [4.69, 9.17) is 21.9 Å².